The van der Waals surface area contributed by atoms with E-state index in [1.165, 1.54) is 35.3 Å². The second-order valence-corrected chi connectivity index (χ2v) is 7.74. The minimum Gasteiger partial charge on any atom is -0.504 e. The molecule has 1 aliphatic heterocycles. The molecule has 160 valence electrons. The van der Waals surface area contributed by atoms with Gasteiger partial charge in [-0.2, -0.15) is 0 Å². The largest absolute Gasteiger partial charge is 0.504 e. The van der Waals surface area contributed by atoms with Crippen LogP contribution in [0.4, 0.5) is 0 Å². The summed E-state index contributed by atoms with van der Waals surface area (Å²) in [5.74, 6) is 0.225. The third-order valence-corrected chi connectivity index (χ3v) is 5.86. The first-order valence-corrected chi connectivity index (χ1v) is 10.4. The molecule has 0 saturated carbocycles. The number of fused-ring (bicyclic) bond motifs is 1. The minimum atomic E-state index is -0.719. The van der Waals surface area contributed by atoms with Crippen molar-refractivity contribution in [1.82, 2.24) is 4.57 Å². The lowest BCUT2D eigenvalue weighted by Gasteiger charge is -2.22. The summed E-state index contributed by atoms with van der Waals surface area (Å²) in [5, 5.41) is 9.95. The number of furan rings is 1. The molecule has 4 rings (SSSR count). The molecule has 31 heavy (non-hydrogen) atoms. The number of thiazole rings is 1. The number of rotatable bonds is 5. The molecule has 1 N–H and O–H groups in total. The monoisotopic (exact) mass is 440 g/mol. The summed E-state index contributed by atoms with van der Waals surface area (Å²) < 4.78 is 17.6. The second kappa shape index (κ2) is 8.27. The molecule has 0 amide bonds. The zero-order valence-corrected chi connectivity index (χ0v) is 17.9. The van der Waals surface area contributed by atoms with Gasteiger partial charge in [-0.15, -0.1) is 0 Å². The summed E-state index contributed by atoms with van der Waals surface area (Å²) in [6.07, 6.45) is 3.17. The third kappa shape index (κ3) is 3.68. The number of aromatic nitrogens is 1. The number of aromatic hydroxyl groups is 1. The van der Waals surface area contributed by atoms with E-state index in [1.807, 2.05) is 0 Å². The van der Waals surface area contributed by atoms with Crippen LogP contribution in [-0.2, 0) is 9.53 Å². The van der Waals surface area contributed by atoms with Crippen LogP contribution in [0.3, 0.4) is 0 Å². The Kier molecular flexibility index (Phi) is 5.51. The number of allylic oxidation sites excluding steroid dienone is 1. The van der Waals surface area contributed by atoms with E-state index in [0.29, 0.717) is 26.4 Å². The van der Waals surface area contributed by atoms with E-state index in [1.54, 1.807) is 44.2 Å². The van der Waals surface area contributed by atoms with Crippen LogP contribution in [-0.4, -0.2) is 29.4 Å². The van der Waals surface area contributed by atoms with Gasteiger partial charge in [0, 0.05) is 11.8 Å². The molecule has 0 unspecified atom stereocenters. The van der Waals surface area contributed by atoms with Crippen LogP contribution in [0.1, 0.15) is 31.2 Å². The number of benzene rings is 1. The van der Waals surface area contributed by atoms with Gasteiger partial charge in [-0.25, -0.2) is 9.79 Å². The van der Waals surface area contributed by atoms with Gasteiger partial charge in [-0.05, 0) is 43.7 Å². The van der Waals surface area contributed by atoms with E-state index in [2.05, 4.69) is 0 Å². The predicted octanol–water partition coefficient (Wildman–Crippen LogP) is 2.21. The highest BCUT2D eigenvalue weighted by Gasteiger charge is 2.31. The molecule has 1 atom stereocenters. The van der Waals surface area contributed by atoms with Crippen LogP contribution in [0.5, 0.6) is 11.5 Å². The molecule has 1 aromatic carbocycles. The molecule has 2 aromatic heterocycles. The van der Waals surface area contributed by atoms with Crippen molar-refractivity contribution in [3.63, 3.8) is 0 Å². The van der Waals surface area contributed by atoms with Gasteiger partial charge in [0.05, 0.1) is 25.6 Å². The molecule has 0 spiro atoms. The fourth-order valence-corrected chi connectivity index (χ4v) is 4.44. The quantitative estimate of drug-likeness (QED) is 0.610. The summed E-state index contributed by atoms with van der Waals surface area (Å²) in [7, 11) is 1.44. The maximum atomic E-state index is 13.1. The zero-order valence-electron chi connectivity index (χ0n) is 17.1. The Bertz CT molecular complexity index is 1350. The number of carbonyl (C=O) groups excluding carboxylic acids is 1. The molecule has 0 aliphatic carbocycles. The average molecular weight is 440 g/mol. The Morgan fingerprint density at radius 2 is 2.19 bits per heavy atom. The normalized spacial score (nSPS) is 16.1. The highest BCUT2D eigenvalue weighted by molar-refractivity contribution is 7.07. The molecule has 8 nitrogen and oxygen atoms in total. The number of hydrogen-bond donors (Lipinski definition) is 1. The molecular weight excluding hydrogens is 420 g/mol. The van der Waals surface area contributed by atoms with Crippen LogP contribution >= 0.6 is 11.3 Å². The lowest BCUT2D eigenvalue weighted by atomic mass is 9.96. The van der Waals surface area contributed by atoms with Gasteiger partial charge in [0.2, 0.25) is 0 Å². The summed E-state index contributed by atoms with van der Waals surface area (Å²) >= 11 is 1.20. The van der Waals surface area contributed by atoms with Crippen molar-refractivity contribution in [1.29, 1.82) is 0 Å². The van der Waals surface area contributed by atoms with Gasteiger partial charge in [0.25, 0.3) is 5.56 Å². The fraction of sp³-hybridized carbons (Fsp3) is 0.227. The SMILES string of the molecule is CCOC(=O)C1=C(C)n2c(s/c(=C/c3ccco3)c2=O)=N[C@@H]1c1ccc(O)c(OC)c1. The number of hydrogen-bond acceptors (Lipinski definition) is 8. The van der Waals surface area contributed by atoms with Gasteiger partial charge >= 0.3 is 5.97 Å². The molecule has 0 saturated heterocycles. The van der Waals surface area contributed by atoms with Gasteiger partial charge in [0.1, 0.15) is 16.3 Å². The van der Waals surface area contributed by atoms with E-state index >= 15 is 0 Å². The van der Waals surface area contributed by atoms with Crippen molar-refractivity contribution in [3.05, 3.63) is 73.2 Å². The van der Waals surface area contributed by atoms with Crippen LogP contribution in [0, 0.1) is 0 Å². The number of phenols is 1. The lowest BCUT2D eigenvalue weighted by molar-refractivity contribution is -0.138. The van der Waals surface area contributed by atoms with Gasteiger partial charge in [-0.1, -0.05) is 17.4 Å². The maximum absolute atomic E-state index is 13.1. The van der Waals surface area contributed by atoms with E-state index in [9.17, 15) is 14.7 Å². The number of nitrogens with zero attached hydrogens (tertiary/aromatic N) is 2. The predicted molar refractivity (Wildman–Crippen MR) is 115 cm³/mol. The Morgan fingerprint density at radius 1 is 1.39 bits per heavy atom. The standard InChI is InChI=1S/C22H20N2O6S/c1-4-29-21(27)18-12(2)24-20(26)17(11-14-6-5-9-30-14)31-22(24)23-19(18)13-7-8-15(25)16(10-13)28-3/h5-11,19,25H,4H2,1-3H3/b17-11+/t19-/m1/s1. The van der Waals surface area contributed by atoms with Crippen LogP contribution in [0.2, 0.25) is 0 Å². The van der Waals surface area contributed by atoms with E-state index < -0.39 is 12.0 Å². The molecule has 0 radical (unpaired) electrons. The molecule has 0 bridgehead atoms. The number of esters is 1. The second-order valence-electron chi connectivity index (χ2n) is 6.73. The first-order valence-electron chi connectivity index (χ1n) is 9.54. The average Bonchev–Trinajstić information content (AvgIpc) is 3.37. The number of phenolic OH excluding ortho intramolecular Hbond substituents is 1. The molecular formula is C22H20N2O6S. The third-order valence-electron chi connectivity index (χ3n) is 4.88. The molecule has 3 aromatic rings. The van der Waals surface area contributed by atoms with Crippen molar-refractivity contribution in [2.24, 2.45) is 4.99 Å². The molecule has 9 heteroatoms. The summed E-state index contributed by atoms with van der Waals surface area (Å²) in [6.45, 7) is 3.59. The van der Waals surface area contributed by atoms with Gasteiger partial charge in [0.15, 0.2) is 16.3 Å². The Balaban J connectivity index is 1.96. The van der Waals surface area contributed by atoms with Crippen LogP contribution < -0.4 is 19.6 Å². The first-order chi connectivity index (χ1) is 14.9. The maximum Gasteiger partial charge on any atom is 0.338 e. The van der Waals surface area contributed by atoms with Crippen molar-refractivity contribution in [2.45, 2.75) is 19.9 Å². The summed E-state index contributed by atoms with van der Waals surface area (Å²) in [6, 6.07) is 7.53. The molecule has 0 fully saturated rings. The van der Waals surface area contributed by atoms with E-state index in [0.717, 1.165) is 0 Å². The Labute approximate surface area is 181 Å². The molecule has 1 aliphatic rings. The smallest absolute Gasteiger partial charge is 0.338 e. The Hall–Kier alpha value is -3.59. The van der Waals surface area contributed by atoms with Crippen LogP contribution in [0.25, 0.3) is 11.8 Å². The highest BCUT2D eigenvalue weighted by Crippen LogP contribution is 2.36. The first kappa shape index (κ1) is 20.7. The minimum absolute atomic E-state index is 0.0242. The van der Waals surface area contributed by atoms with Gasteiger partial charge < -0.3 is 19.0 Å². The Morgan fingerprint density at radius 3 is 2.87 bits per heavy atom. The van der Waals surface area contributed by atoms with Crippen molar-refractivity contribution in [3.8, 4) is 11.5 Å². The summed E-state index contributed by atoms with van der Waals surface area (Å²) in [5.41, 5.74) is 1.04. The van der Waals surface area contributed by atoms with E-state index in [-0.39, 0.29) is 29.2 Å². The summed E-state index contributed by atoms with van der Waals surface area (Å²) in [4.78, 5) is 31.1. The van der Waals surface area contributed by atoms with E-state index in [4.69, 9.17) is 18.9 Å². The van der Waals surface area contributed by atoms with Crippen molar-refractivity contribution in [2.75, 3.05) is 13.7 Å². The van der Waals surface area contributed by atoms with Crippen LogP contribution in [0.15, 0.2) is 56.4 Å². The molecule has 3 heterocycles. The number of methoxy groups -OCH3 is 1. The topological polar surface area (TPSA) is 103 Å². The van der Waals surface area contributed by atoms with Crippen molar-refractivity contribution < 1.29 is 23.8 Å². The fourth-order valence-electron chi connectivity index (χ4n) is 3.43. The number of carbonyl (C=O) groups is 1. The highest BCUT2D eigenvalue weighted by atomic mass is 32.1. The van der Waals surface area contributed by atoms with Gasteiger partial charge in [-0.3, -0.25) is 9.36 Å². The lowest BCUT2D eigenvalue weighted by Crippen LogP contribution is -2.35. The number of ether oxygens (including phenoxy) is 2. The zero-order chi connectivity index (χ0) is 22.1. The van der Waals surface area contributed by atoms with Crippen molar-refractivity contribution >= 4 is 29.1 Å².